The van der Waals surface area contributed by atoms with Crippen molar-refractivity contribution in [2.75, 3.05) is 0 Å². The van der Waals surface area contributed by atoms with E-state index in [2.05, 4.69) is 89.3 Å². The third-order valence-electron chi connectivity index (χ3n) is 3.44. The summed E-state index contributed by atoms with van der Waals surface area (Å²) in [5.41, 5.74) is 5.45. The van der Waals surface area contributed by atoms with Crippen molar-refractivity contribution < 1.29 is 0 Å². The fraction of sp³-hybridized carbons (Fsp3) is 0.111. The van der Waals surface area contributed by atoms with Gasteiger partial charge in [-0.3, -0.25) is 0 Å². The molecule has 0 aliphatic heterocycles. The molecule has 0 spiro atoms. The molecule has 0 nitrogen and oxygen atoms in total. The number of allylic oxidation sites excluding steroid dienone is 4. The van der Waals surface area contributed by atoms with Crippen LogP contribution in [0.25, 0.3) is 16.7 Å². The molecule has 0 radical (unpaired) electrons. The standard InChI is InChI=1S/C18H15I/c19-18-16(14-8-3-1-4-9-14)12-7-13-17(18)15-10-5-2-6-11-15/h1-5,7-10,12-13H,6,11H2. The Morgan fingerprint density at radius 1 is 0.842 bits per heavy atom. The summed E-state index contributed by atoms with van der Waals surface area (Å²) < 4.78 is 1.35. The first-order chi connectivity index (χ1) is 9.36. The molecule has 94 valence electrons. The van der Waals surface area contributed by atoms with E-state index in [1.54, 1.807) is 0 Å². The van der Waals surface area contributed by atoms with Gasteiger partial charge in [0.2, 0.25) is 0 Å². The van der Waals surface area contributed by atoms with Crippen molar-refractivity contribution in [1.29, 1.82) is 0 Å². The zero-order chi connectivity index (χ0) is 13.1. The second-order valence-electron chi connectivity index (χ2n) is 4.69. The van der Waals surface area contributed by atoms with E-state index in [0.717, 1.165) is 12.8 Å². The quantitative estimate of drug-likeness (QED) is 0.605. The number of rotatable bonds is 2. The van der Waals surface area contributed by atoms with Crippen LogP contribution in [-0.2, 0) is 0 Å². The van der Waals surface area contributed by atoms with Gasteiger partial charge in [-0.2, -0.15) is 0 Å². The van der Waals surface area contributed by atoms with Gasteiger partial charge in [-0.25, -0.2) is 0 Å². The van der Waals surface area contributed by atoms with Crippen LogP contribution in [-0.4, -0.2) is 0 Å². The summed E-state index contributed by atoms with van der Waals surface area (Å²) in [6.45, 7) is 0. The summed E-state index contributed by atoms with van der Waals surface area (Å²) >= 11 is 2.48. The molecule has 0 heterocycles. The first-order valence-electron chi connectivity index (χ1n) is 6.56. The normalized spacial score (nSPS) is 14.3. The maximum atomic E-state index is 2.48. The maximum absolute atomic E-state index is 2.48. The fourth-order valence-electron chi connectivity index (χ4n) is 2.45. The van der Waals surface area contributed by atoms with Gasteiger partial charge in [0.1, 0.15) is 0 Å². The number of benzene rings is 2. The van der Waals surface area contributed by atoms with Gasteiger partial charge in [0.25, 0.3) is 0 Å². The van der Waals surface area contributed by atoms with Crippen LogP contribution in [0.4, 0.5) is 0 Å². The average molecular weight is 358 g/mol. The van der Waals surface area contributed by atoms with Gasteiger partial charge in [-0.15, -0.1) is 0 Å². The van der Waals surface area contributed by atoms with Gasteiger partial charge in [0.15, 0.2) is 0 Å². The SMILES string of the molecule is Ic1c(C2=CC=CCC2)cccc1-c1ccccc1. The minimum Gasteiger partial charge on any atom is -0.0842 e. The van der Waals surface area contributed by atoms with Crippen LogP contribution in [0.1, 0.15) is 18.4 Å². The van der Waals surface area contributed by atoms with Crippen LogP contribution in [0, 0.1) is 3.57 Å². The van der Waals surface area contributed by atoms with Crippen LogP contribution in [0.5, 0.6) is 0 Å². The molecule has 0 fully saturated rings. The van der Waals surface area contributed by atoms with Crippen molar-refractivity contribution in [3.05, 3.63) is 75.9 Å². The highest BCUT2D eigenvalue weighted by molar-refractivity contribution is 14.1. The minimum atomic E-state index is 1.14. The topological polar surface area (TPSA) is 0 Å². The van der Waals surface area contributed by atoms with Crippen molar-refractivity contribution in [2.45, 2.75) is 12.8 Å². The zero-order valence-electron chi connectivity index (χ0n) is 10.6. The molecule has 19 heavy (non-hydrogen) atoms. The van der Waals surface area contributed by atoms with Crippen LogP contribution in [0.15, 0.2) is 66.8 Å². The highest BCUT2D eigenvalue weighted by Gasteiger charge is 2.11. The molecular formula is C18H15I. The number of hydrogen-bond donors (Lipinski definition) is 0. The predicted octanol–water partition coefficient (Wildman–Crippen LogP) is 5.69. The molecule has 1 heteroatoms. The number of hydrogen-bond acceptors (Lipinski definition) is 0. The van der Waals surface area contributed by atoms with Gasteiger partial charge < -0.3 is 0 Å². The zero-order valence-corrected chi connectivity index (χ0v) is 12.8. The van der Waals surface area contributed by atoms with E-state index in [-0.39, 0.29) is 0 Å². The molecule has 1 aliphatic carbocycles. The van der Waals surface area contributed by atoms with E-state index in [4.69, 9.17) is 0 Å². The Labute approximate surface area is 128 Å². The van der Waals surface area contributed by atoms with E-state index in [1.807, 2.05) is 0 Å². The van der Waals surface area contributed by atoms with Crippen LogP contribution < -0.4 is 0 Å². The molecule has 0 atom stereocenters. The summed E-state index contributed by atoms with van der Waals surface area (Å²) in [4.78, 5) is 0. The minimum absolute atomic E-state index is 1.14. The summed E-state index contributed by atoms with van der Waals surface area (Å²) in [7, 11) is 0. The molecule has 0 aromatic heterocycles. The van der Waals surface area contributed by atoms with Crippen molar-refractivity contribution in [2.24, 2.45) is 0 Å². The smallest absolute Gasteiger partial charge is 0.0283 e. The Kier molecular flexibility index (Phi) is 3.83. The number of halogens is 1. The lowest BCUT2D eigenvalue weighted by molar-refractivity contribution is 1.05. The highest BCUT2D eigenvalue weighted by atomic mass is 127. The summed E-state index contributed by atoms with van der Waals surface area (Å²) in [5.74, 6) is 0. The Hall–Kier alpha value is -1.35. The van der Waals surface area contributed by atoms with E-state index >= 15 is 0 Å². The molecule has 2 aromatic rings. The van der Waals surface area contributed by atoms with Crippen LogP contribution in [0.2, 0.25) is 0 Å². The molecule has 1 aliphatic rings. The Balaban J connectivity index is 2.09. The van der Waals surface area contributed by atoms with Crippen molar-refractivity contribution in [1.82, 2.24) is 0 Å². The molecule has 0 saturated heterocycles. The Bertz CT molecular complexity index is 636. The lowest BCUT2D eigenvalue weighted by atomic mass is 9.94. The van der Waals surface area contributed by atoms with Crippen LogP contribution in [0.3, 0.4) is 0 Å². The van der Waals surface area contributed by atoms with Crippen molar-refractivity contribution in [3.8, 4) is 11.1 Å². The lowest BCUT2D eigenvalue weighted by Gasteiger charge is -2.14. The third kappa shape index (κ3) is 2.66. The first kappa shape index (κ1) is 12.7. The average Bonchev–Trinajstić information content (AvgIpc) is 2.49. The lowest BCUT2D eigenvalue weighted by Crippen LogP contribution is -1.94. The van der Waals surface area contributed by atoms with Gasteiger partial charge in [-0.1, -0.05) is 66.8 Å². The molecule has 3 rings (SSSR count). The molecular weight excluding hydrogens is 343 g/mol. The summed E-state index contributed by atoms with van der Waals surface area (Å²) in [6, 6.07) is 17.2. The van der Waals surface area contributed by atoms with E-state index in [1.165, 1.54) is 25.8 Å². The van der Waals surface area contributed by atoms with Gasteiger partial charge in [0, 0.05) is 3.57 Å². The molecule has 0 saturated carbocycles. The monoisotopic (exact) mass is 358 g/mol. The van der Waals surface area contributed by atoms with Crippen molar-refractivity contribution >= 4 is 28.2 Å². The summed E-state index contributed by atoms with van der Waals surface area (Å²) in [6.07, 6.45) is 8.94. The summed E-state index contributed by atoms with van der Waals surface area (Å²) in [5, 5.41) is 0. The second-order valence-corrected chi connectivity index (χ2v) is 5.77. The highest BCUT2D eigenvalue weighted by Crippen LogP contribution is 2.33. The van der Waals surface area contributed by atoms with E-state index in [0.29, 0.717) is 0 Å². The largest absolute Gasteiger partial charge is 0.0842 e. The molecule has 0 unspecified atom stereocenters. The maximum Gasteiger partial charge on any atom is 0.0283 e. The first-order valence-corrected chi connectivity index (χ1v) is 7.64. The fourth-order valence-corrected chi connectivity index (χ4v) is 3.47. The predicted molar refractivity (Wildman–Crippen MR) is 90.9 cm³/mol. The Morgan fingerprint density at radius 2 is 1.63 bits per heavy atom. The molecule has 0 amide bonds. The second kappa shape index (κ2) is 5.74. The van der Waals surface area contributed by atoms with E-state index in [9.17, 15) is 0 Å². The van der Waals surface area contributed by atoms with Gasteiger partial charge in [-0.05, 0) is 57.7 Å². The molecule has 0 bridgehead atoms. The van der Waals surface area contributed by atoms with Gasteiger partial charge in [0.05, 0.1) is 0 Å². The molecule has 0 N–H and O–H groups in total. The molecule has 2 aromatic carbocycles. The van der Waals surface area contributed by atoms with Crippen LogP contribution >= 0.6 is 22.6 Å². The van der Waals surface area contributed by atoms with Crippen molar-refractivity contribution in [3.63, 3.8) is 0 Å². The third-order valence-corrected chi connectivity index (χ3v) is 4.61. The van der Waals surface area contributed by atoms with E-state index < -0.39 is 0 Å². The van der Waals surface area contributed by atoms with Gasteiger partial charge >= 0.3 is 0 Å². The Morgan fingerprint density at radius 3 is 2.37 bits per heavy atom.